The van der Waals surface area contributed by atoms with Crippen molar-refractivity contribution < 1.29 is 9.90 Å². The molecule has 0 saturated carbocycles. The molecule has 0 spiro atoms. The average molecular weight is 282 g/mol. The van der Waals surface area contributed by atoms with E-state index >= 15 is 0 Å². The Bertz CT molecular complexity index is 613. The van der Waals surface area contributed by atoms with Gasteiger partial charge in [0.2, 0.25) is 0 Å². The molecule has 1 N–H and O–H groups in total. The Morgan fingerprint density at radius 3 is 2.74 bits per heavy atom. The van der Waals surface area contributed by atoms with E-state index in [1.165, 1.54) is 6.07 Å². The summed E-state index contributed by atoms with van der Waals surface area (Å²) in [5, 5.41) is 12.7. The van der Waals surface area contributed by atoms with Gasteiger partial charge in [-0.2, -0.15) is 5.10 Å². The van der Waals surface area contributed by atoms with Gasteiger partial charge in [-0.25, -0.2) is 4.68 Å². The van der Waals surface area contributed by atoms with Crippen molar-refractivity contribution in [2.75, 3.05) is 0 Å². The third kappa shape index (κ3) is 3.89. The zero-order valence-electron chi connectivity index (χ0n) is 9.89. The predicted molar refractivity (Wildman–Crippen MR) is 71.2 cm³/mol. The Kier molecular flexibility index (Phi) is 5.20. The van der Waals surface area contributed by atoms with E-state index in [9.17, 15) is 9.59 Å². The van der Waals surface area contributed by atoms with Crippen LogP contribution in [0.2, 0.25) is 0 Å². The van der Waals surface area contributed by atoms with Crippen LogP contribution < -0.4 is 5.56 Å². The molecule has 0 aliphatic rings. The lowest BCUT2D eigenvalue weighted by Crippen LogP contribution is -2.23. The first-order chi connectivity index (χ1) is 8.66. The average Bonchev–Trinajstić information content (AvgIpc) is 2.38. The Labute approximate surface area is 115 Å². The molecule has 0 radical (unpaired) electrons. The summed E-state index contributed by atoms with van der Waals surface area (Å²) in [6.07, 6.45) is 3.14. The molecule has 2 aromatic rings. The Balaban J connectivity index is 0.00000180. The van der Waals surface area contributed by atoms with E-state index in [2.05, 4.69) is 10.1 Å². The lowest BCUT2D eigenvalue weighted by Gasteiger charge is -2.05. The second kappa shape index (κ2) is 6.65. The summed E-state index contributed by atoms with van der Waals surface area (Å²) in [4.78, 5) is 26.0. The predicted octanol–water partition coefficient (Wildman–Crippen LogP) is 1.20. The van der Waals surface area contributed by atoms with Crippen LogP contribution in [0.25, 0.3) is 11.3 Å². The fourth-order valence-corrected chi connectivity index (χ4v) is 1.48. The maximum atomic E-state index is 11.5. The SMILES string of the molecule is Cl.O=C(O)CCn1nc(-c2cccnc2)ccc1=O. The number of halogens is 1. The van der Waals surface area contributed by atoms with Crippen LogP contribution in [0.15, 0.2) is 41.5 Å². The van der Waals surface area contributed by atoms with Crippen molar-refractivity contribution in [2.45, 2.75) is 13.0 Å². The maximum Gasteiger partial charge on any atom is 0.305 e. The van der Waals surface area contributed by atoms with Crippen molar-refractivity contribution in [1.29, 1.82) is 0 Å². The van der Waals surface area contributed by atoms with E-state index in [0.717, 1.165) is 10.2 Å². The lowest BCUT2D eigenvalue weighted by molar-refractivity contribution is -0.137. The molecule has 0 aliphatic carbocycles. The van der Waals surface area contributed by atoms with Crippen molar-refractivity contribution in [3.8, 4) is 11.3 Å². The highest BCUT2D eigenvalue weighted by Gasteiger charge is 2.05. The van der Waals surface area contributed by atoms with E-state index in [0.29, 0.717) is 5.69 Å². The zero-order valence-corrected chi connectivity index (χ0v) is 10.7. The van der Waals surface area contributed by atoms with Crippen molar-refractivity contribution in [3.63, 3.8) is 0 Å². The summed E-state index contributed by atoms with van der Waals surface area (Å²) in [5.74, 6) is -0.963. The van der Waals surface area contributed by atoms with E-state index in [1.807, 2.05) is 6.07 Å². The third-order valence-electron chi connectivity index (χ3n) is 2.36. The molecular weight excluding hydrogens is 270 g/mol. The summed E-state index contributed by atoms with van der Waals surface area (Å²) in [7, 11) is 0. The molecule has 0 unspecified atom stereocenters. The minimum absolute atomic E-state index is 0. The number of aromatic nitrogens is 3. The molecule has 100 valence electrons. The molecule has 0 aliphatic heterocycles. The van der Waals surface area contributed by atoms with Gasteiger partial charge < -0.3 is 5.11 Å². The normalized spacial score (nSPS) is 9.68. The molecule has 2 heterocycles. The van der Waals surface area contributed by atoms with Gasteiger partial charge in [0.25, 0.3) is 5.56 Å². The molecule has 2 rings (SSSR count). The molecule has 0 fully saturated rings. The monoisotopic (exact) mass is 281 g/mol. The van der Waals surface area contributed by atoms with E-state index in [-0.39, 0.29) is 30.9 Å². The van der Waals surface area contributed by atoms with Crippen molar-refractivity contribution in [3.05, 3.63) is 47.0 Å². The molecular formula is C12H12ClN3O3. The number of carboxylic acids is 1. The van der Waals surface area contributed by atoms with Gasteiger partial charge >= 0.3 is 5.97 Å². The van der Waals surface area contributed by atoms with Gasteiger partial charge in [-0.05, 0) is 18.2 Å². The molecule has 19 heavy (non-hydrogen) atoms. The van der Waals surface area contributed by atoms with Gasteiger partial charge in [0.1, 0.15) is 0 Å². The van der Waals surface area contributed by atoms with Crippen LogP contribution in [-0.4, -0.2) is 25.8 Å². The first-order valence-electron chi connectivity index (χ1n) is 5.37. The minimum atomic E-state index is -0.963. The summed E-state index contributed by atoms with van der Waals surface area (Å²) < 4.78 is 1.15. The molecule has 0 aromatic carbocycles. The van der Waals surface area contributed by atoms with Crippen molar-refractivity contribution >= 4 is 18.4 Å². The molecule has 0 saturated heterocycles. The number of rotatable bonds is 4. The first-order valence-corrected chi connectivity index (χ1v) is 5.37. The quantitative estimate of drug-likeness (QED) is 0.910. The largest absolute Gasteiger partial charge is 0.481 e. The van der Waals surface area contributed by atoms with Crippen LogP contribution in [0.1, 0.15) is 6.42 Å². The molecule has 0 bridgehead atoms. The lowest BCUT2D eigenvalue weighted by atomic mass is 10.2. The Morgan fingerprint density at radius 2 is 2.11 bits per heavy atom. The second-order valence-corrected chi connectivity index (χ2v) is 3.67. The fourth-order valence-electron chi connectivity index (χ4n) is 1.48. The van der Waals surface area contributed by atoms with Crippen molar-refractivity contribution in [2.24, 2.45) is 0 Å². The van der Waals surface area contributed by atoms with Gasteiger partial charge in [0.05, 0.1) is 18.7 Å². The van der Waals surface area contributed by atoms with Crippen LogP contribution in [0.5, 0.6) is 0 Å². The summed E-state index contributed by atoms with van der Waals surface area (Å²) >= 11 is 0. The molecule has 0 amide bonds. The highest BCUT2D eigenvalue weighted by atomic mass is 35.5. The van der Waals surface area contributed by atoms with Gasteiger partial charge in [-0.1, -0.05) is 0 Å². The minimum Gasteiger partial charge on any atom is -0.481 e. The molecule has 7 heteroatoms. The van der Waals surface area contributed by atoms with Crippen LogP contribution in [0, 0.1) is 0 Å². The third-order valence-corrected chi connectivity index (χ3v) is 2.36. The summed E-state index contributed by atoms with van der Waals surface area (Å²) in [5.41, 5.74) is 1.05. The van der Waals surface area contributed by atoms with Crippen LogP contribution in [0.4, 0.5) is 0 Å². The van der Waals surface area contributed by atoms with Crippen molar-refractivity contribution in [1.82, 2.24) is 14.8 Å². The first kappa shape index (κ1) is 14.8. The topological polar surface area (TPSA) is 85.1 Å². The number of aryl methyl sites for hydroxylation is 1. The fraction of sp³-hybridized carbons (Fsp3) is 0.167. The summed E-state index contributed by atoms with van der Waals surface area (Å²) in [6, 6.07) is 6.55. The van der Waals surface area contributed by atoms with Gasteiger partial charge in [0.15, 0.2) is 0 Å². The number of carbonyl (C=O) groups is 1. The van der Waals surface area contributed by atoms with E-state index in [4.69, 9.17) is 5.11 Å². The number of hydrogen-bond donors (Lipinski definition) is 1. The van der Waals surface area contributed by atoms with Crippen LogP contribution >= 0.6 is 12.4 Å². The maximum absolute atomic E-state index is 11.5. The van der Waals surface area contributed by atoms with Gasteiger partial charge in [-0.3, -0.25) is 14.6 Å². The van der Waals surface area contributed by atoms with E-state index < -0.39 is 5.97 Å². The highest BCUT2D eigenvalue weighted by molar-refractivity contribution is 5.85. The van der Waals surface area contributed by atoms with Gasteiger partial charge in [-0.15, -0.1) is 12.4 Å². The number of pyridine rings is 1. The Morgan fingerprint density at radius 1 is 1.32 bits per heavy atom. The molecule has 0 atom stereocenters. The molecule has 2 aromatic heterocycles. The number of hydrogen-bond acceptors (Lipinski definition) is 4. The van der Waals surface area contributed by atoms with Crippen LogP contribution in [0.3, 0.4) is 0 Å². The Hall–Kier alpha value is -2.21. The highest BCUT2D eigenvalue weighted by Crippen LogP contribution is 2.12. The van der Waals surface area contributed by atoms with E-state index in [1.54, 1.807) is 24.5 Å². The number of aliphatic carboxylic acids is 1. The number of carboxylic acid groups (broad SMARTS) is 1. The van der Waals surface area contributed by atoms with Gasteiger partial charge in [0, 0.05) is 24.0 Å². The number of nitrogens with zero attached hydrogens (tertiary/aromatic N) is 3. The zero-order chi connectivity index (χ0) is 13.0. The molecule has 6 nitrogen and oxygen atoms in total. The summed E-state index contributed by atoms with van der Waals surface area (Å²) in [6.45, 7) is 0.0578. The smallest absolute Gasteiger partial charge is 0.305 e. The standard InChI is InChI=1S/C12H11N3O3.ClH/c16-11-4-3-10(9-2-1-6-13-8-9)14-15(11)7-5-12(17)18;/h1-4,6,8H,5,7H2,(H,17,18);1H. The second-order valence-electron chi connectivity index (χ2n) is 3.67. The van der Waals surface area contributed by atoms with Crippen LogP contribution in [-0.2, 0) is 11.3 Å².